The quantitative estimate of drug-likeness (QED) is 0.531. The van der Waals surface area contributed by atoms with E-state index < -0.39 is 0 Å². The van der Waals surface area contributed by atoms with E-state index in [1.807, 2.05) is 0 Å². The van der Waals surface area contributed by atoms with Gasteiger partial charge in [0.2, 0.25) is 0 Å². The highest BCUT2D eigenvalue weighted by Gasteiger charge is 2.40. The van der Waals surface area contributed by atoms with Gasteiger partial charge in [0, 0.05) is 12.0 Å². The van der Waals surface area contributed by atoms with Gasteiger partial charge < -0.3 is 0 Å². The second kappa shape index (κ2) is 2.09. The summed E-state index contributed by atoms with van der Waals surface area (Å²) in [7, 11) is 0. The summed E-state index contributed by atoms with van der Waals surface area (Å²) < 4.78 is 0. The third-order valence-corrected chi connectivity index (χ3v) is 3.45. The van der Waals surface area contributed by atoms with E-state index in [9.17, 15) is 4.79 Å². The molecule has 0 amide bonds. The molecule has 0 aromatic heterocycles. The monoisotopic (exact) mass is 160 g/mol. The molecule has 0 heterocycles. The van der Waals surface area contributed by atoms with Crippen LogP contribution in [0.5, 0.6) is 0 Å². The maximum Gasteiger partial charge on any atom is 0.159 e. The number of fused-ring (bicyclic) bond motifs is 4. The third-order valence-electron chi connectivity index (χ3n) is 3.45. The topological polar surface area (TPSA) is 17.1 Å². The molecule has 1 saturated carbocycles. The molecule has 3 aliphatic carbocycles. The molecule has 62 valence electrons. The third kappa shape index (κ3) is 0.669. The fraction of sp³-hybridized carbons (Fsp3) is 0.545. The first-order valence-corrected chi connectivity index (χ1v) is 4.81. The first-order chi connectivity index (χ1) is 5.86. The van der Waals surface area contributed by atoms with E-state index in [0.717, 1.165) is 19.3 Å². The van der Waals surface area contributed by atoms with Crippen LogP contribution >= 0.6 is 0 Å². The van der Waals surface area contributed by atoms with Crippen molar-refractivity contribution in [1.82, 2.24) is 0 Å². The van der Waals surface area contributed by atoms with Crippen molar-refractivity contribution in [3.8, 4) is 0 Å². The fourth-order valence-electron chi connectivity index (χ4n) is 2.92. The van der Waals surface area contributed by atoms with Gasteiger partial charge in [0.05, 0.1) is 0 Å². The maximum atomic E-state index is 11.6. The van der Waals surface area contributed by atoms with Crippen LogP contribution in [0.25, 0.3) is 0 Å². The van der Waals surface area contributed by atoms with Crippen molar-refractivity contribution < 1.29 is 4.79 Å². The van der Waals surface area contributed by atoms with E-state index in [0.29, 0.717) is 17.6 Å². The predicted octanol–water partition coefficient (Wildman–Crippen LogP) is 2.24. The van der Waals surface area contributed by atoms with Crippen LogP contribution in [0, 0.1) is 11.8 Å². The molecule has 0 aromatic carbocycles. The Balaban J connectivity index is 2.11. The van der Waals surface area contributed by atoms with Gasteiger partial charge in [-0.2, -0.15) is 0 Å². The second-order valence-corrected chi connectivity index (χ2v) is 4.09. The van der Waals surface area contributed by atoms with Gasteiger partial charge >= 0.3 is 0 Å². The van der Waals surface area contributed by atoms with Crippen LogP contribution in [-0.4, -0.2) is 5.78 Å². The first-order valence-electron chi connectivity index (χ1n) is 4.81. The summed E-state index contributed by atoms with van der Waals surface area (Å²) >= 11 is 0. The van der Waals surface area contributed by atoms with Gasteiger partial charge in [-0.1, -0.05) is 12.2 Å². The maximum absolute atomic E-state index is 11.6. The average molecular weight is 160 g/mol. The molecular formula is C11H12O. The lowest BCUT2D eigenvalue weighted by atomic mass is 9.78. The highest BCUT2D eigenvalue weighted by atomic mass is 16.1. The van der Waals surface area contributed by atoms with Crippen LogP contribution < -0.4 is 0 Å². The minimum absolute atomic E-state index is 0.438. The molecule has 0 radical (unpaired) electrons. The van der Waals surface area contributed by atoms with Crippen LogP contribution in [0.4, 0.5) is 0 Å². The highest BCUT2D eigenvalue weighted by molar-refractivity contribution is 5.98. The molecule has 2 atom stereocenters. The molecule has 0 saturated heterocycles. The molecule has 0 aromatic rings. The molecule has 1 fully saturated rings. The number of allylic oxidation sites excluding steroid dienone is 4. The number of hydrogen-bond acceptors (Lipinski definition) is 1. The first kappa shape index (κ1) is 6.64. The van der Waals surface area contributed by atoms with Crippen molar-refractivity contribution in [2.45, 2.75) is 25.7 Å². The lowest BCUT2D eigenvalue weighted by Crippen LogP contribution is -2.21. The van der Waals surface area contributed by atoms with E-state index >= 15 is 0 Å². The predicted molar refractivity (Wildman–Crippen MR) is 46.6 cm³/mol. The van der Waals surface area contributed by atoms with Crippen molar-refractivity contribution in [2.75, 3.05) is 0 Å². The number of carbonyl (C=O) groups excluding carboxylic acids is 1. The molecule has 3 rings (SSSR count). The second-order valence-electron chi connectivity index (χ2n) is 4.09. The summed E-state index contributed by atoms with van der Waals surface area (Å²) in [5, 5.41) is 0. The zero-order valence-corrected chi connectivity index (χ0v) is 7.05. The lowest BCUT2D eigenvalue weighted by molar-refractivity contribution is -0.117. The van der Waals surface area contributed by atoms with Crippen LogP contribution in [0.1, 0.15) is 25.7 Å². The van der Waals surface area contributed by atoms with Crippen LogP contribution in [0.15, 0.2) is 23.3 Å². The largest absolute Gasteiger partial charge is 0.295 e. The summed E-state index contributed by atoms with van der Waals surface area (Å²) in [6.07, 6.45) is 8.79. The molecule has 1 nitrogen and oxygen atoms in total. The molecule has 2 unspecified atom stereocenters. The van der Waals surface area contributed by atoms with Gasteiger partial charge in [0.15, 0.2) is 5.78 Å². The summed E-state index contributed by atoms with van der Waals surface area (Å²) in [6, 6.07) is 0. The number of ketones is 1. The van der Waals surface area contributed by atoms with E-state index in [1.54, 1.807) is 0 Å². The minimum atomic E-state index is 0.438. The molecule has 12 heavy (non-hydrogen) atoms. The number of carbonyl (C=O) groups is 1. The highest BCUT2D eigenvalue weighted by Crippen LogP contribution is 2.48. The summed E-state index contributed by atoms with van der Waals surface area (Å²) in [6.45, 7) is 0. The van der Waals surface area contributed by atoms with Gasteiger partial charge in [0.1, 0.15) is 0 Å². The molecule has 3 aliphatic rings. The SMILES string of the molecule is O=C1CCCC2C1=C1C=CC2C1. The van der Waals surface area contributed by atoms with Crippen LogP contribution in [-0.2, 0) is 4.79 Å². The van der Waals surface area contributed by atoms with Crippen molar-refractivity contribution in [3.05, 3.63) is 23.3 Å². The Hall–Kier alpha value is -0.850. The van der Waals surface area contributed by atoms with E-state index in [1.165, 1.54) is 17.6 Å². The van der Waals surface area contributed by atoms with Crippen LogP contribution in [0.2, 0.25) is 0 Å². The van der Waals surface area contributed by atoms with Crippen molar-refractivity contribution >= 4 is 5.78 Å². The Morgan fingerprint density at radius 3 is 3.17 bits per heavy atom. The summed E-state index contributed by atoms with van der Waals surface area (Å²) in [5.41, 5.74) is 2.56. The Morgan fingerprint density at radius 2 is 2.33 bits per heavy atom. The van der Waals surface area contributed by atoms with Gasteiger partial charge in [0.25, 0.3) is 0 Å². The molecular weight excluding hydrogens is 148 g/mol. The number of Topliss-reactive ketones (excluding diaryl/α,β-unsaturated/α-hetero) is 1. The lowest BCUT2D eigenvalue weighted by Gasteiger charge is -2.25. The Bertz CT molecular complexity index is 309. The van der Waals surface area contributed by atoms with Gasteiger partial charge in [-0.05, 0) is 36.7 Å². The molecule has 1 heteroatoms. The molecule has 0 aliphatic heterocycles. The Morgan fingerprint density at radius 1 is 1.42 bits per heavy atom. The van der Waals surface area contributed by atoms with E-state index in [-0.39, 0.29) is 0 Å². The molecule has 2 bridgehead atoms. The molecule has 0 spiro atoms. The summed E-state index contributed by atoms with van der Waals surface area (Å²) in [5.74, 6) is 1.75. The average Bonchev–Trinajstić information content (AvgIpc) is 2.64. The fourth-order valence-corrected chi connectivity index (χ4v) is 2.92. The van der Waals surface area contributed by atoms with Crippen molar-refractivity contribution in [3.63, 3.8) is 0 Å². The number of hydrogen-bond donors (Lipinski definition) is 0. The summed E-state index contributed by atoms with van der Waals surface area (Å²) in [4.78, 5) is 11.6. The van der Waals surface area contributed by atoms with Gasteiger partial charge in [-0.3, -0.25) is 4.79 Å². The van der Waals surface area contributed by atoms with Crippen LogP contribution in [0.3, 0.4) is 0 Å². The zero-order chi connectivity index (χ0) is 8.13. The number of rotatable bonds is 0. The normalized spacial score (nSPS) is 37.8. The van der Waals surface area contributed by atoms with Gasteiger partial charge in [-0.25, -0.2) is 0 Å². The van der Waals surface area contributed by atoms with E-state index in [4.69, 9.17) is 0 Å². The van der Waals surface area contributed by atoms with Gasteiger partial charge in [-0.15, -0.1) is 0 Å². The minimum Gasteiger partial charge on any atom is -0.295 e. The molecule has 0 N–H and O–H groups in total. The Labute approximate surface area is 72.2 Å². The smallest absolute Gasteiger partial charge is 0.159 e. The van der Waals surface area contributed by atoms with Crippen molar-refractivity contribution in [1.29, 1.82) is 0 Å². The van der Waals surface area contributed by atoms with Crippen molar-refractivity contribution in [2.24, 2.45) is 11.8 Å². The Kier molecular flexibility index (Phi) is 1.16. The van der Waals surface area contributed by atoms with E-state index in [2.05, 4.69) is 12.2 Å². The zero-order valence-electron chi connectivity index (χ0n) is 7.05. The standard InChI is InChI=1S/C11H12O/c12-10-3-1-2-9-7-4-5-8(6-7)11(9)10/h4-5,7,9H,1-3,6H2.